The van der Waals surface area contributed by atoms with Gasteiger partial charge in [-0.05, 0) is 31.6 Å². The van der Waals surface area contributed by atoms with Gasteiger partial charge in [0, 0.05) is 45.1 Å². The predicted molar refractivity (Wildman–Crippen MR) is 100 cm³/mol. The van der Waals surface area contributed by atoms with Crippen LogP contribution in [0, 0.1) is 6.92 Å². The predicted octanol–water partition coefficient (Wildman–Crippen LogP) is 2.91. The number of thioether (sulfide) groups is 1. The summed E-state index contributed by atoms with van der Waals surface area (Å²) in [4.78, 5) is 6.62. The minimum absolute atomic E-state index is 0.263. The van der Waals surface area contributed by atoms with E-state index in [1.165, 1.54) is 11.1 Å². The van der Waals surface area contributed by atoms with E-state index < -0.39 is 0 Å². The quantitative estimate of drug-likeness (QED) is 0.663. The number of nitrogens with zero attached hydrogens (tertiary/aromatic N) is 2. The highest BCUT2D eigenvalue weighted by Crippen LogP contribution is 2.33. The first-order chi connectivity index (χ1) is 11.1. The summed E-state index contributed by atoms with van der Waals surface area (Å²) in [5, 5.41) is 3.56. The number of nitrogens with one attached hydrogen (secondary N) is 1. The van der Waals surface area contributed by atoms with Crippen molar-refractivity contribution in [2.75, 3.05) is 40.1 Å². The third-order valence-corrected chi connectivity index (χ3v) is 5.94. The van der Waals surface area contributed by atoms with Crippen LogP contribution in [0.25, 0.3) is 0 Å². The number of aliphatic imine (C=N–C) groups is 1. The van der Waals surface area contributed by atoms with Crippen LogP contribution in [0.1, 0.15) is 24.0 Å². The van der Waals surface area contributed by atoms with Gasteiger partial charge in [-0.1, -0.05) is 29.8 Å². The van der Waals surface area contributed by atoms with Crippen molar-refractivity contribution in [2.45, 2.75) is 31.1 Å². The number of aryl methyl sites for hydroxylation is 1. The van der Waals surface area contributed by atoms with Gasteiger partial charge in [0.25, 0.3) is 0 Å². The van der Waals surface area contributed by atoms with Gasteiger partial charge >= 0.3 is 0 Å². The van der Waals surface area contributed by atoms with Crippen LogP contribution < -0.4 is 5.32 Å². The van der Waals surface area contributed by atoms with Gasteiger partial charge in [-0.15, -0.1) is 0 Å². The number of guanidine groups is 1. The molecular weight excluding hydrogens is 306 g/mol. The van der Waals surface area contributed by atoms with Gasteiger partial charge < -0.3 is 15.0 Å². The highest BCUT2D eigenvalue weighted by atomic mass is 32.2. The van der Waals surface area contributed by atoms with Crippen LogP contribution in [0.4, 0.5) is 0 Å². The Kier molecular flexibility index (Phi) is 6.78. The Bertz CT molecular complexity index is 510. The van der Waals surface area contributed by atoms with Gasteiger partial charge in [0.1, 0.15) is 0 Å². The summed E-state index contributed by atoms with van der Waals surface area (Å²) < 4.78 is 5.78. The molecule has 1 N–H and O–H groups in total. The Labute approximate surface area is 144 Å². The SMILES string of the molecule is CN=C(NCC1(SC)CCOCC1)N(C)Cc1ccc(C)cc1. The lowest BCUT2D eigenvalue weighted by Gasteiger charge is -2.37. The van der Waals surface area contributed by atoms with Crippen molar-refractivity contribution in [3.63, 3.8) is 0 Å². The van der Waals surface area contributed by atoms with E-state index in [0.717, 1.165) is 45.1 Å². The molecule has 5 heteroatoms. The molecule has 1 aromatic rings. The minimum atomic E-state index is 0.263. The van der Waals surface area contributed by atoms with Crippen molar-refractivity contribution >= 4 is 17.7 Å². The summed E-state index contributed by atoms with van der Waals surface area (Å²) in [5.41, 5.74) is 2.59. The molecule has 0 bridgehead atoms. The molecule has 0 spiro atoms. The average Bonchev–Trinajstić information content (AvgIpc) is 2.58. The van der Waals surface area contributed by atoms with Crippen molar-refractivity contribution in [1.29, 1.82) is 0 Å². The first kappa shape index (κ1) is 18.1. The zero-order valence-corrected chi connectivity index (χ0v) is 15.6. The summed E-state index contributed by atoms with van der Waals surface area (Å²) >= 11 is 1.95. The van der Waals surface area contributed by atoms with Crippen molar-refractivity contribution in [3.8, 4) is 0 Å². The van der Waals surface area contributed by atoms with Crippen LogP contribution >= 0.6 is 11.8 Å². The highest BCUT2D eigenvalue weighted by molar-refractivity contribution is 8.00. The lowest BCUT2D eigenvalue weighted by molar-refractivity contribution is 0.0781. The molecule has 0 radical (unpaired) electrons. The van der Waals surface area contributed by atoms with Crippen LogP contribution in [0.5, 0.6) is 0 Å². The number of rotatable bonds is 5. The smallest absolute Gasteiger partial charge is 0.193 e. The van der Waals surface area contributed by atoms with E-state index in [0.29, 0.717) is 0 Å². The molecule has 1 aliphatic rings. The van der Waals surface area contributed by atoms with E-state index in [1.807, 2.05) is 18.8 Å². The van der Waals surface area contributed by atoms with E-state index in [4.69, 9.17) is 4.74 Å². The molecule has 1 aliphatic heterocycles. The van der Waals surface area contributed by atoms with Crippen molar-refractivity contribution < 1.29 is 4.74 Å². The maximum Gasteiger partial charge on any atom is 0.193 e. The monoisotopic (exact) mass is 335 g/mol. The molecule has 0 aliphatic carbocycles. The largest absolute Gasteiger partial charge is 0.381 e. The van der Waals surface area contributed by atoms with Crippen LogP contribution in [0.2, 0.25) is 0 Å². The molecule has 1 heterocycles. The molecule has 0 unspecified atom stereocenters. The molecule has 1 fully saturated rings. The van der Waals surface area contributed by atoms with Crippen molar-refractivity contribution in [1.82, 2.24) is 10.2 Å². The summed E-state index contributed by atoms with van der Waals surface area (Å²) in [6.07, 6.45) is 4.39. The van der Waals surface area contributed by atoms with Crippen LogP contribution in [0.3, 0.4) is 0 Å². The number of hydrogen-bond acceptors (Lipinski definition) is 3. The fraction of sp³-hybridized carbons (Fsp3) is 0.611. The van der Waals surface area contributed by atoms with Crippen LogP contribution in [-0.2, 0) is 11.3 Å². The Morgan fingerprint density at radius 3 is 2.52 bits per heavy atom. The molecule has 1 aromatic carbocycles. The third kappa shape index (κ3) is 5.15. The molecule has 128 valence electrons. The fourth-order valence-corrected chi connectivity index (χ4v) is 3.65. The third-order valence-electron chi connectivity index (χ3n) is 4.52. The average molecular weight is 336 g/mol. The van der Waals surface area contributed by atoms with Gasteiger partial charge in [0.15, 0.2) is 5.96 Å². The number of ether oxygens (including phenoxy) is 1. The first-order valence-electron chi connectivity index (χ1n) is 8.19. The van der Waals surface area contributed by atoms with E-state index >= 15 is 0 Å². The Morgan fingerprint density at radius 1 is 1.30 bits per heavy atom. The number of benzene rings is 1. The first-order valence-corrected chi connectivity index (χ1v) is 9.41. The molecule has 0 aromatic heterocycles. The summed E-state index contributed by atoms with van der Waals surface area (Å²) in [6.45, 7) is 5.63. The summed E-state index contributed by atoms with van der Waals surface area (Å²) in [7, 11) is 3.94. The maximum absolute atomic E-state index is 5.51. The van der Waals surface area contributed by atoms with E-state index in [1.54, 1.807) is 0 Å². The number of hydrogen-bond donors (Lipinski definition) is 1. The summed E-state index contributed by atoms with van der Waals surface area (Å²) in [6, 6.07) is 8.68. The molecule has 0 atom stereocenters. The lowest BCUT2D eigenvalue weighted by Crippen LogP contribution is -2.48. The lowest BCUT2D eigenvalue weighted by atomic mass is 9.99. The van der Waals surface area contributed by atoms with Gasteiger partial charge in [0.05, 0.1) is 0 Å². The normalized spacial score (nSPS) is 17.8. The van der Waals surface area contributed by atoms with Gasteiger partial charge in [-0.2, -0.15) is 11.8 Å². The van der Waals surface area contributed by atoms with E-state index in [-0.39, 0.29) is 4.75 Å². The molecule has 2 rings (SSSR count). The van der Waals surface area contributed by atoms with E-state index in [2.05, 4.69) is 59.7 Å². The second-order valence-electron chi connectivity index (χ2n) is 6.24. The second-order valence-corrected chi connectivity index (χ2v) is 7.52. The zero-order valence-electron chi connectivity index (χ0n) is 14.8. The Balaban J connectivity index is 1.92. The standard InChI is InChI=1S/C18H29N3OS/c1-15-5-7-16(8-6-15)13-21(3)17(19-2)20-14-18(23-4)9-11-22-12-10-18/h5-8H,9-14H2,1-4H3,(H,19,20). The van der Waals surface area contributed by atoms with Crippen LogP contribution in [0.15, 0.2) is 29.3 Å². The summed E-state index contributed by atoms with van der Waals surface area (Å²) in [5.74, 6) is 0.950. The molecule has 4 nitrogen and oxygen atoms in total. The van der Waals surface area contributed by atoms with Crippen molar-refractivity contribution in [2.24, 2.45) is 4.99 Å². The fourth-order valence-electron chi connectivity index (χ4n) is 2.86. The molecule has 0 amide bonds. The zero-order chi connectivity index (χ0) is 16.7. The molecular formula is C18H29N3OS. The minimum Gasteiger partial charge on any atom is -0.381 e. The van der Waals surface area contributed by atoms with Gasteiger partial charge in [0.2, 0.25) is 0 Å². The van der Waals surface area contributed by atoms with Gasteiger partial charge in [-0.25, -0.2) is 0 Å². The van der Waals surface area contributed by atoms with Crippen molar-refractivity contribution in [3.05, 3.63) is 35.4 Å². The molecule has 0 saturated carbocycles. The topological polar surface area (TPSA) is 36.9 Å². The van der Waals surface area contributed by atoms with Crippen LogP contribution in [-0.4, -0.2) is 55.7 Å². The second kappa shape index (κ2) is 8.60. The highest BCUT2D eigenvalue weighted by Gasteiger charge is 2.32. The van der Waals surface area contributed by atoms with Gasteiger partial charge in [-0.3, -0.25) is 4.99 Å². The maximum atomic E-state index is 5.51. The van der Waals surface area contributed by atoms with E-state index in [9.17, 15) is 0 Å². The Hall–Kier alpha value is -1.20. The molecule has 23 heavy (non-hydrogen) atoms. The Morgan fingerprint density at radius 2 is 1.96 bits per heavy atom. The molecule has 1 saturated heterocycles.